The standard InChI is InChI=1S/C12H26N2.2C2H6/c1-5-13-12(4)8-6-7-9-14(10-12)11(2)3;2*1-2/h11,13H,5-10H2,1-4H3;2*1-2H3. The topological polar surface area (TPSA) is 15.3 Å². The number of hydrogen-bond acceptors (Lipinski definition) is 2. The van der Waals surface area contributed by atoms with E-state index in [9.17, 15) is 0 Å². The van der Waals surface area contributed by atoms with Crippen molar-refractivity contribution in [3.8, 4) is 0 Å². The van der Waals surface area contributed by atoms with Gasteiger partial charge in [-0.25, -0.2) is 0 Å². The van der Waals surface area contributed by atoms with Crippen molar-refractivity contribution in [3.05, 3.63) is 0 Å². The lowest BCUT2D eigenvalue weighted by Gasteiger charge is -2.35. The van der Waals surface area contributed by atoms with Gasteiger partial charge in [0, 0.05) is 18.1 Å². The average molecular weight is 258 g/mol. The molecule has 0 aromatic rings. The zero-order valence-electron chi connectivity index (χ0n) is 14.3. The van der Waals surface area contributed by atoms with Gasteiger partial charge in [0.2, 0.25) is 0 Å². The lowest BCUT2D eigenvalue weighted by Crippen LogP contribution is -2.51. The molecular weight excluding hydrogens is 220 g/mol. The van der Waals surface area contributed by atoms with Crippen molar-refractivity contribution in [2.24, 2.45) is 0 Å². The van der Waals surface area contributed by atoms with E-state index < -0.39 is 0 Å². The van der Waals surface area contributed by atoms with Gasteiger partial charge in [-0.1, -0.05) is 41.0 Å². The fourth-order valence-electron chi connectivity index (χ4n) is 2.45. The normalized spacial score (nSPS) is 24.5. The van der Waals surface area contributed by atoms with Gasteiger partial charge in [-0.3, -0.25) is 4.90 Å². The molecule has 0 radical (unpaired) electrons. The lowest BCUT2D eigenvalue weighted by atomic mass is 9.95. The van der Waals surface area contributed by atoms with Gasteiger partial charge in [0.15, 0.2) is 0 Å². The van der Waals surface area contributed by atoms with E-state index in [4.69, 9.17) is 0 Å². The van der Waals surface area contributed by atoms with Crippen LogP contribution in [-0.2, 0) is 0 Å². The smallest absolute Gasteiger partial charge is 0.0280 e. The van der Waals surface area contributed by atoms with Crippen LogP contribution in [0.5, 0.6) is 0 Å². The third kappa shape index (κ3) is 8.10. The molecule has 1 heterocycles. The third-order valence-corrected chi connectivity index (χ3v) is 3.31. The number of hydrogen-bond donors (Lipinski definition) is 1. The van der Waals surface area contributed by atoms with E-state index in [0.717, 1.165) is 6.54 Å². The Kier molecular flexibility index (Phi) is 13.5. The summed E-state index contributed by atoms with van der Waals surface area (Å²) in [6.07, 6.45) is 4.05. The van der Waals surface area contributed by atoms with E-state index in [1.54, 1.807) is 0 Å². The molecular formula is C16H38N2. The van der Waals surface area contributed by atoms with Gasteiger partial charge in [-0.15, -0.1) is 0 Å². The van der Waals surface area contributed by atoms with Crippen molar-refractivity contribution in [1.82, 2.24) is 10.2 Å². The van der Waals surface area contributed by atoms with Crippen LogP contribution in [0.1, 0.15) is 74.7 Å². The first kappa shape index (κ1) is 20.2. The number of likely N-dealkylation sites (N-methyl/N-ethyl adjacent to an activating group) is 1. The van der Waals surface area contributed by atoms with Crippen molar-refractivity contribution in [2.45, 2.75) is 86.2 Å². The predicted octanol–water partition coefficient (Wildman–Crippen LogP) is 4.30. The van der Waals surface area contributed by atoms with E-state index in [1.165, 1.54) is 32.4 Å². The summed E-state index contributed by atoms with van der Waals surface area (Å²) in [5.41, 5.74) is 0.343. The zero-order valence-corrected chi connectivity index (χ0v) is 14.3. The molecule has 0 aromatic carbocycles. The predicted molar refractivity (Wildman–Crippen MR) is 85.3 cm³/mol. The van der Waals surface area contributed by atoms with E-state index in [2.05, 4.69) is 37.9 Å². The highest BCUT2D eigenvalue weighted by Crippen LogP contribution is 2.21. The first-order valence-electron chi connectivity index (χ1n) is 8.06. The van der Waals surface area contributed by atoms with Crippen LogP contribution in [0.3, 0.4) is 0 Å². The fourth-order valence-corrected chi connectivity index (χ4v) is 2.45. The van der Waals surface area contributed by atoms with Gasteiger partial charge < -0.3 is 5.32 Å². The summed E-state index contributed by atoms with van der Waals surface area (Å²) in [5, 5.41) is 3.64. The summed E-state index contributed by atoms with van der Waals surface area (Å²) in [7, 11) is 0. The van der Waals surface area contributed by atoms with Gasteiger partial charge in [-0.2, -0.15) is 0 Å². The van der Waals surface area contributed by atoms with E-state index >= 15 is 0 Å². The van der Waals surface area contributed by atoms with E-state index in [-0.39, 0.29) is 0 Å². The summed E-state index contributed by atoms with van der Waals surface area (Å²) >= 11 is 0. The molecule has 2 nitrogen and oxygen atoms in total. The molecule has 0 saturated carbocycles. The Morgan fingerprint density at radius 3 is 2.11 bits per heavy atom. The molecule has 1 fully saturated rings. The zero-order chi connectivity index (χ0) is 14.6. The van der Waals surface area contributed by atoms with Gasteiger partial charge in [-0.05, 0) is 46.7 Å². The molecule has 1 rings (SSSR count). The highest BCUT2D eigenvalue weighted by molar-refractivity contribution is 4.89. The minimum absolute atomic E-state index is 0.343. The van der Waals surface area contributed by atoms with Crippen LogP contribution in [0, 0.1) is 0 Å². The Balaban J connectivity index is 0. The van der Waals surface area contributed by atoms with E-state index in [0.29, 0.717) is 11.6 Å². The Hall–Kier alpha value is -0.0800. The first-order valence-corrected chi connectivity index (χ1v) is 8.06. The largest absolute Gasteiger partial charge is 0.311 e. The van der Waals surface area contributed by atoms with Crippen molar-refractivity contribution >= 4 is 0 Å². The molecule has 112 valence electrons. The van der Waals surface area contributed by atoms with Crippen molar-refractivity contribution < 1.29 is 0 Å². The second-order valence-electron chi connectivity index (χ2n) is 5.11. The van der Waals surface area contributed by atoms with Crippen molar-refractivity contribution in [2.75, 3.05) is 19.6 Å². The van der Waals surface area contributed by atoms with Crippen LogP contribution in [0.25, 0.3) is 0 Å². The van der Waals surface area contributed by atoms with Crippen LogP contribution < -0.4 is 5.32 Å². The van der Waals surface area contributed by atoms with Gasteiger partial charge in [0.25, 0.3) is 0 Å². The monoisotopic (exact) mass is 258 g/mol. The van der Waals surface area contributed by atoms with Gasteiger partial charge in [0.1, 0.15) is 0 Å². The number of nitrogens with one attached hydrogen (secondary N) is 1. The summed E-state index contributed by atoms with van der Waals surface area (Å²) in [5.74, 6) is 0. The Labute approximate surface area is 117 Å². The molecule has 1 N–H and O–H groups in total. The number of rotatable bonds is 3. The molecule has 0 aliphatic carbocycles. The minimum Gasteiger partial charge on any atom is -0.311 e. The maximum Gasteiger partial charge on any atom is 0.0280 e. The number of nitrogens with zero attached hydrogens (tertiary/aromatic N) is 1. The summed E-state index contributed by atoms with van der Waals surface area (Å²) in [4.78, 5) is 2.61. The van der Waals surface area contributed by atoms with Crippen molar-refractivity contribution in [1.29, 1.82) is 0 Å². The van der Waals surface area contributed by atoms with E-state index in [1.807, 2.05) is 27.7 Å². The lowest BCUT2D eigenvalue weighted by molar-refractivity contribution is 0.173. The molecule has 2 heteroatoms. The molecule has 18 heavy (non-hydrogen) atoms. The molecule has 1 saturated heterocycles. The average Bonchev–Trinajstić information content (AvgIpc) is 2.57. The van der Waals surface area contributed by atoms with Crippen LogP contribution in [0.2, 0.25) is 0 Å². The van der Waals surface area contributed by atoms with Gasteiger partial charge >= 0.3 is 0 Å². The Morgan fingerprint density at radius 1 is 1.11 bits per heavy atom. The second kappa shape index (κ2) is 12.0. The molecule has 1 unspecified atom stereocenters. The van der Waals surface area contributed by atoms with Crippen LogP contribution in [-0.4, -0.2) is 36.1 Å². The van der Waals surface area contributed by atoms with Crippen LogP contribution in [0.4, 0.5) is 0 Å². The first-order chi connectivity index (χ1) is 8.57. The maximum atomic E-state index is 3.64. The maximum absolute atomic E-state index is 3.64. The Morgan fingerprint density at radius 2 is 1.67 bits per heavy atom. The van der Waals surface area contributed by atoms with Crippen LogP contribution in [0.15, 0.2) is 0 Å². The molecule has 0 spiro atoms. The minimum atomic E-state index is 0.343. The molecule has 0 bridgehead atoms. The molecule has 1 atom stereocenters. The molecule has 0 amide bonds. The fraction of sp³-hybridized carbons (Fsp3) is 1.00. The van der Waals surface area contributed by atoms with Crippen molar-refractivity contribution in [3.63, 3.8) is 0 Å². The molecule has 1 aliphatic rings. The molecule has 1 aliphatic heterocycles. The molecule has 0 aromatic heterocycles. The highest BCUT2D eigenvalue weighted by atomic mass is 15.2. The van der Waals surface area contributed by atoms with Gasteiger partial charge in [0.05, 0.1) is 0 Å². The summed E-state index contributed by atoms with van der Waals surface area (Å²) in [6.45, 7) is 20.8. The Bertz CT molecular complexity index is 168. The quantitative estimate of drug-likeness (QED) is 0.812. The third-order valence-electron chi connectivity index (χ3n) is 3.31. The highest BCUT2D eigenvalue weighted by Gasteiger charge is 2.28. The van der Waals surface area contributed by atoms with Crippen LogP contribution >= 0.6 is 0 Å². The number of likely N-dealkylation sites (tertiary alicyclic amines) is 1. The SMILES string of the molecule is CC.CC.CCNC1(C)CCCCN(C(C)C)C1. The second-order valence-corrected chi connectivity index (χ2v) is 5.11. The summed E-state index contributed by atoms with van der Waals surface area (Å²) in [6, 6.07) is 0.686. The summed E-state index contributed by atoms with van der Waals surface area (Å²) < 4.78 is 0.